The first-order chi connectivity index (χ1) is 10.1. The van der Waals surface area contributed by atoms with Crippen molar-refractivity contribution in [1.82, 2.24) is 0 Å². The molecule has 0 aliphatic rings. The molecular formula is C16H27F3O3. The van der Waals surface area contributed by atoms with Gasteiger partial charge < -0.3 is 10.2 Å². The molecule has 1 unspecified atom stereocenters. The van der Waals surface area contributed by atoms with Crippen LogP contribution in [0.1, 0.15) is 71.6 Å². The Balaban J connectivity index is 3.76. The monoisotopic (exact) mass is 324 g/mol. The van der Waals surface area contributed by atoms with Gasteiger partial charge in [0.05, 0.1) is 0 Å². The minimum atomic E-state index is -4.06. The summed E-state index contributed by atoms with van der Waals surface area (Å²) in [6, 6.07) is 0. The number of hydrogen-bond acceptors (Lipinski definition) is 2. The fourth-order valence-electron chi connectivity index (χ4n) is 2.32. The molecule has 0 heterocycles. The summed E-state index contributed by atoms with van der Waals surface area (Å²) < 4.78 is 35.8. The fourth-order valence-corrected chi connectivity index (χ4v) is 2.32. The maximum Gasteiger partial charge on any atom is 0.389 e. The molecule has 0 aliphatic carbocycles. The number of halogens is 3. The highest BCUT2D eigenvalue weighted by Gasteiger charge is 2.32. The lowest BCUT2D eigenvalue weighted by atomic mass is 9.93. The molecule has 2 N–H and O–H groups in total. The Kier molecular flexibility index (Phi) is 9.41. The number of rotatable bonds is 11. The summed E-state index contributed by atoms with van der Waals surface area (Å²) in [5.41, 5.74) is -1.07. The Morgan fingerprint density at radius 3 is 1.68 bits per heavy atom. The van der Waals surface area contributed by atoms with Crippen molar-refractivity contribution in [2.24, 2.45) is 0 Å². The predicted molar refractivity (Wildman–Crippen MR) is 79.6 cm³/mol. The Morgan fingerprint density at radius 2 is 1.32 bits per heavy atom. The Labute approximate surface area is 130 Å². The number of hydrogen-bond donors (Lipinski definition) is 2. The molecule has 0 aromatic carbocycles. The van der Waals surface area contributed by atoms with Gasteiger partial charge in [-0.15, -0.1) is 0 Å². The lowest BCUT2D eigenvalue weighted by Crippen LogP contribution is -2.36. The average molecular weight is 324 g/mol. The number of allylic oxidation sites excluding steroid dienone is 1. The van der Waals surface area contributed by atoms with Crippen LogP contribution >= 0.6 is 0 Å². The number of carbonyl (C=O) groups is 1. The molecule has 130 valence electrons. The van der Waals surface area contributed by atoms with E-state index >= 15 is 0 Å². The first kappa shape index (κ1) is 21.0. The van der Waals surface area contributed by atoms with Gasteiger partial charge in [0.25, 0.3) is 0 Å². The van der Waals surface area contributed by atoms with Crippen LogP contribution in [0.15, 0.2) is 11.6 Å². The highest BCUT2D eigenvalue weighted by atomic mass is 19.4. The molecule has 1 atom stereocenters. The summed E-state index contributed by atoms with van der Waals surface area (Å²) in [7, 11) is 0. The molecule has 22 heavy (non-hydrogen) atoms. The molecule has 0 radical (unpaired) electrons. The standard InChI is InChI=1S/C16H27F3O3/c1-13(2)12-15(22,14(20)21)10-8-6-4-3-5-7-9-11-16(17,18)19/h12,22H,3-11H2,1-2H3,(H,20,21). The van der Waals surface area contributed by atoms with Crippen LogP contribution in [0.25, 0.3) is 0 Å². The van der Waals surface area contributed by atoms with Crippen molar-refractivity contribution in [3.63, 3.8) is 0 Å². The second kappa shape index (κ2) is 9.87. The van der Waals surface area contributed by atoms with E-state index in [1.807, 2.05) is 0 Å². The highest BCUT2D eigenvalue weighted by Crippen LogP contribution is 2.23. The Hall–Kier alpha value is -1.04. The topological polar surface area (TPSA) is 57.5 Å². The van der Waals surface area contributed by atoms with E-state index < -0.39 is 24.2 Å². The second-order valence-electron chi connectivity index (χ2n) is 6.04. The Morgan fingerprint density at radius 1 is 0.909 bits per heavy atom. The van der Waals surface area contributed by atoms with Gasteiger partial charge in [-0.1, -0.05) is 37.7 Å². The van der Waals surface area contributed by atoms with Gasteiger partial charge in [-0.25, -0.2) is 4.79 Å². The maximum absolute atomic E-state index is 11.9. The van der Waals surface area contributed by atoms with Gasteiger partial charge in [-0.3, -0.25) is 0 Å². The van der Waals surface area contributed by atoms with Crippen molar-refractivity contribution in [2.75, 3.05) is 0 Å². The first-order valence-electron chi connectivity index (χ1n) is 7.75. The van der Waals surface area contributed by atoms with Crippen LogP contribution in [-0.4, -0.2) is 28.0 Å². The van der Waals surface area contributed by atoms with Crippen LogP contribution in [0.2, 0.25) is 0 Å². The van der Waals surface area contributed by atoms with E-state index in [1.165, 1.54) is 6.08 Å². The predicted octanol–water partition coefficient (Wildman–Crippen LogP) is 4.84. The fraction of sp³-hybridized carbons (Fsp3) is 0.812. The molecule has 0 aromatic heterocycles. The minimum Gasteiger partial charge on any atom is -0.479 e. The first-order valence-corrected chi connectivity index (χ1v) is 7.75. The highest BCUT2D eigenvalue weighted by molar-refractivity contribution is 5.79. The lowest BCUT2D eigenvalue weighted by molar-refractivity contribution is -0.154. The van der Waals surface area contributed by atoms with Gasteiger partial charge in [0.15, 0.2) is 5.60 Å². The lowest BCUT2D eigenvalue weighted by Gasteiger charge is -2.20. The van der Waals surface area contributed by atoms with Crippen LogP contribution < -0.4 is 0 Å². The number of carboxylic acid groups (broad SMARTS) is 1. The average Bonchev–Trinajstić information content (AvgIpc) is 2.34. The maximum atomic E-state index is 11.9. The van der Waals surface area contributed by atoms with Crippen LogP contribution in [0.4, 0.5) is 13.2 Å². The third kappa shape index (κ3) is 10.7. The van der Waals surface area contributed by atoms with Gasteiger partial charge in [0, 0.05) is 6.42 Å². The molecule has 0 saturated carbocycles. The smallest absolute Gasteiger partial charge is 0.389 e. The van der Waals surface area contributed by atoms with E-state index in [2.05, 4.69) is 0 Å². The van der Waals surface area contributed by atoms with Crippen molar-refractivity contribution in [3.8, 4) is 0 Å². The van der Waals surface area contributed by atoms with Crippen LogP contribution in [0, 0.1) is 0 Å². The van der Waals surface area contributed by atoms with Crippen molar-refractivity contribution in [2.45, 2.75) is 83.4 Å². The van der Waals surface area contributed by atoms with Crippen molar-refractivity contribution < 1.29 is 28.2 Å². The molecule has 0 bridgehead atoms. The summed E-state index contributed by atoms with van der Waals surface area (Å²) in [5.74, 6) is -1.25. The summed E-state index contributed by atoms with van der Waals surface area (Å²) in [6.45, 7) is 3.46. The number of carboxylic acids is 1. The number of aliphatic hydroxyl groups is 1. The molecular weight excluding hydrogens is 297 g/mol. The van der Waals surface area contributed by atoms with Crippen LogP contribution in [0.5, 0.6) is 0 Å². The third-order valence-corrected chi connectivity index (χ3v) is 3.42. The van der Waals surface area contributed by atoms with Gasteiger partial charge >= 0.3 is 12.1 Å². The molecule has 0 aliphatic heterocycles. The van der Waals surface area contributed by atoms with Crippen molar-refractivity contribution in [3.05, 3.63) is 11.6 Å². The number of unbranched alkanes of at least 4 members (excludes halogenated alkanes) is 6. The van der Waals surface area contributed by atoms with Gasteiger partial charge in [-0.2, -0.15) is 13.2 Å². The quantitative estimate of drug-likeness (QED) is 0.422. The van der Waals surface area contributed by atoms with Gasteiger partial charge in [0.2, 0.25) is 0 Å². The van der Waals surface area contributed by atoms with E-state index in [0.29, 0.717) is 12.8 Å². The second-order valence-corrected chi connectivity index (χ2v) is 6.04. The molecule has 0 fully saturated rings. The third-order valence-electron chi connectivity index (χ3n) is 3.42. The number of alkyl halides is 3. The van der Waals surface area contributed by atoms with E-state index in [4.69, 9.17) is 5.11 Å². The molecule has 0 saturated heterocycles. The molecule has 3 nitrogen and oxygen atoms in total. The van der Waals surface area contributed by atoms with E-state index in [-0.39, 0.29) is 12.8 Å². The van der Waals surface area contributed by atoms with E-state index in [9.17, 15) is 23.1 Å². The van der Waals surface area contributed by atoms with Crippen LogP contribution in [-0.2, 0) is 4.79 Å². The van der Waals surface area contributed by atoms with Crippen molar-refractivity contribution >= 4 is 5.97 Å². The minimum absolute atomic E-state index is 0.154. The number of aliphatic carboxylic acids is 1. The van der Waals surface area contributed by atoms with E-state index in [0.717, 1.165) is 31.3 Å². The zero-order chi connectivity index (χ0) is 17.2. The summed E-state index contributed by atoms with van der Waals surface area (Å²) in [6.07, 6.45) is 1.25. The van der Waals surface area contributed by atoms with Crippen LogP contribution in [0.3, 0.4) is 0 Å². The molecule has 6 heteroatoms. The normalized spacial score (nSPS) is 14.5. The van der Waals surface area contributed by atoms with Gasteiger partial charge in [0.1, 0.15) is 0 Å². The Bertz CT molecular complexity index is 360. The summed E-state index contributed by atoms with van der Waals surface area (Å²) in [5, 5.41) is 19.1. The zero-order valence-electron chi connectivity index (χ0n) is 13.4. The van der Waals surface area contributed by atoms with Gasteiger partial charge in [-0.05, 0) is 39.2 Å². The summed E-state index contributed by atoms with van der Waals surface area (Å²) in [4.78, 5) is 11.1. The zero-order valence-corrected chi connectivity index (χ0v) is 13.4. The molecule has 0 amide bonds. The largest absolute Gasteiger partial charge is 0.479 e. The van der Waals surface area contributed by atoms with Crippen molar-refractivity contribution in [1.29, 1.82) is 0 Å². The SMILES string of the molecule is CC(C)=CC(O)(CCCCCCCCCC(F)(F)F)C(=O)O. The van der Waals surface area contributed by atoms with E-state index in [1.54, 1.807) is 13.8 Å². The molecule has 0 spiro atoms. The summed E-state index contributed by atoms with van der Waals surface area (Å²) >= 11 is 0. The molecule has 0 aromatic rings. The molecule has 0 rings (SSSR count).